The number of likely N-dealkylation sites (N-methyl/N-ethyl adjacent to an activating group) is 1. The molecule has 0 aliphatic carbocycles. The molecule has 0 atom stereocenters. The summed E-state index contributed by atoms with van der Waals surface area (Å²) in [6.45, 7) is 15.6. The van der Waals surface area contributed by atoms with Crippen LogP contribution in [0, 0.1) is 5.41 Å². The molecule has 19 heavy (non-hydrogen) atoms. The summed E-state index contributed by atoms with van der Waals surface area (Å²) in [7, 11) is 1.88. The summed E-state index contributed by atoms with van der Waals surface area (Å²) in [5.74, 6) is 1.06. The SMILES string of the molecule is CCN(CC)CCNC(=NC)N1CCC(C)(C)C1.I. The third-order valence-corrected chi connectivity index (χ3v) is 3.79. The molecule has 114 valence electrons. The van der Waals surface area contributed by atoms with Crippen molar-refractivity contribution in [3.8, 4) is 0 Å². The summed E-state index contributed by atoms with van der Waals surface area (Å²) in [6, 6.07) is 0. The second-order valence-electron chi connectivity index (χ2n) is 5.84. The normalized spacial score (nSPS) is 18.6. The topological polar surface area (TPSA) is 30.9 Å². The number of halogens is 1. The van der Waals surface area contributed by atoms with E-state index in [9.17, 15) is 0 Å². The molecule has 0 amide bonds. The minimum Gasteiger partial charge on any atom is -0.355 e. The van der Waals surface area contributed by atoms with Crippen molar-refractivity contribution in [2.24, 2.45) is 10.4 Å². The first-order valence-corrected chi connectivity index (χ1v) is 7.20. The molecular weight excluding hydrogens is 351 g/mol. The maximum atomic E-state index is 4.40. The fourth-order valence-electron chi connectivity index (χ4n) is 2.49. The van der Waals surface area contributed by atoms with Crippen LogP contribution in [0.5, 0.6) is 0 Å². The second kappa shape index (κ2) is 9.00. The number of nitrogens with zero attached hydrogens (tertiary/aromatic N) is 3. The van der Waals surface area contributed by atoms with Gasteiger partial charge in [-0.25, -0.2) is 0 Å². The zero-order chi connectivity index (χ0) is 13.6. The summed E-state index contributed by atoms with van der Waals surface area (Å²) in [5.41, 5.74) is 0.427. The number of guanidine groups is 1. The van der Waals surface area contributed by atoms with Crippen LogP contribution >= 0.6 is 24.0 Å². The van der Waals surface area contributed by atoms with E-state index >= 15 is 0 Å². The molecule has 1 rings (SSSR count). The van der Waals surface area contributed by atoms with Crippen molar-refractivity contribution in [3.63, 3.8) is 0 Å². The van der Waals surface area contributed by atoms with Gasteiger partial charge >= 0.3 is 0 Å². The first-order valence-electron chi connectivity index (χ1n) is 7.20. The Bertz CT molecular complexity index is 275. The van der Waals surface area contributed by atoms with Crippen molar-refractivity contribution in [1.82, 2.24) is 15.1 Å². The summed E-state index contributed by atoms with van der Waals surface area (Å²) in [6.07, 6.45) is 1.25. The molecule has 1 saturated heterocycles. The third-order valence-electron chi connectivity index (χ3n) is 3.79. The van der Waals surface area contributed by atoms with Gasteiger partial charge in [-0.2, -0.15) is 0 Å². The van der Waals surface area contributed by atoms with Crippen molar-refractivity contribution < 1.29 is 0 Å². The lowest BCUT2D eigenvalue weighted by molar-refractivity contribution is 0.305. The van der Waals surface area contributed by atoms with Crippen molar-refractivity contribution in [3.05, 3.63) is 0 Å². The monoisotopic (exact) mass is 382 g/mol. The lowest BCUT2D eigenvalue weighted by Crippen LogP contribution is -2.43. The standard InChI is InChI=1S/C14H30N4.HI/c1-6-17(7-2)11-9-16-13(15-5)18-10-8-14(3,4)12-18;/h6-12H2,1-5H3,(H,15,16);1H. The highest BCUT2D eigenvalue weighted by Gasteiger charge is 2.30. The Hall–Kier alpha value is -0.0400. The Labute approximate surface area is 136 Å². The second-order valence-corrected chi connectivity index (χ2v) is 5.84. The number of aliphatic imine (C=N–C) groups is 1. The average Bonchev–Trinajstić information content (AvgIpc) is 2.70. The van der Waals surface area contributed by atoms with Gasteiger partial charge in [-0.3, -0.25) is 4.99 Å². The smallest absolute Gasteiger partial charge is 0.193 e. The van der Waals surface area contributed by atoms with Gasteiger partial charge in [-0.05, 0) is 24.9 Å². The van der Waals surface area contributed by atoms with Crippen molar-refractivity contribution in [1.29, 1.82) is 0 Å². The Balaban J connectivity index is 0.00000324. The molecule has 0 unspecified atom stereocenters. The first kappa shape index (κ1) is 19.0. The molecule has 1 heterocycles. The molecule has 4 nitrogen and oxygen atoms in total. The minimum atomic E-state index is 0. The fourth-order valence-corrected chi connectivity index (χ4v) is 2.49. The van der Waals surface area contributed by atoms with Crippen LogP contribution < -0.4 is 5.32 Å². The lowest BCUT2D eigenvalue weighted by Gasteiger charge is -2.25. The van der Waals surface area contributed by atoms with Gasteiger partial charge in [0.1, 0.15) is 0 Å². The molecule has 0 aromatic rings. The molecule has 0 saturated carbocycles. The van der Waals surface area contributed by atoms with E-state index in [4.69, 9.17) is 0 Å². The van der Waals surface area contributed by atoms with Crippen LogP contribution in [0.2, 0.25) is 0 Å². The van der Waals surface area contributed by atoms with E-state index in [1.807, 2.05) is 7.05 Å². The number of rotatable bonds is 5. The summed E-state index contributed by atoms with van der Waals surface area (Å²) >= 11 is 0. The molecule has 5 heteroatoms. The predicted octanol–water partition coefficient (Wildman–Crippen LogP) is 2.25. The molecule has 1 fully saturated rings. The minimum absolute atomic E-state index is 0. The van der Waals surface area contributed by atoms with E-state index in [-0.39, 0.29) is 24.0 Å². The Morgan fingerprint density at radius 1 is 1.32 bits per heavy atom. The van der Waals surface area contributed by atoms with Gasteiger partial charge < -0.3 is 15.1 Å². The molecule has 1 aliphatic rings. The maximum Gasteiger partial charge on any atom is 0.193 e. The van der Waals surface area contributed by atoms with E-state index in [1.165, 1.54) is 6.42 Å². The van der Waals surface area contributed by atoms with E-state index in [1.54, 1.807) is 0 Å². The predicted molar refractivity (Wildman–Crippen MR) is 94.5 cm³/mol. The van der Waals surface area contributed by atoms with E-state index in [2.05, 4.69) is 47.8 Å². The molecule has 0 spiro atoms. The average molecular weight is 382 g/mol. The lowest BCUT2D eigenvalue weighted by atomic mass is 9.93. The van der Waals surface area contributed by atoms with E-state index in [0.717, 1.165) is 45.2 Å². The Kier molecular flexibility index (Phi) is 8.98. The molecule has 1 aliphatic heterocycles. The molecule has 0 radical (unpaired) electrons. The van der Waals surface area contributed by atoms with Crippen LogP contribution in [0.3, 0.4) is 0 Å². The Morgan fingerprint density at radius 2 is 1.95 bits per heavy atom. The highest BCUT2D eigenvalue weighted by atomic mass is 127. The highest BCUT2D eigenvalue weighted by molar-refractivity contribution is 14.0. The zero-order valence-corrected chi connectivity index (χ0v) is 15.5. The van der Waals surface area contributed by atoms with Crippen LogP contribution in [0.4, 0.5) is 0 Å². The number of hydrogen-bond acceptors (Lipinski definition) is 2. The van der Waals surface area contributed by atoms with Crippen molar-refractivity contribution >= 4 is 29.9 Å². The quantitative estimate of drug-likeness (QED) is 0.450. The van der Waals surface area contributed by atoms with Crippen LogP contribution in [0.1, 0.15) is 34.1 Å². The molecule has 1 N–H and O–H groups in total. The molecule has 0 aromatic heterocycles. The molecular formula is C14H31IN4. The van der Waals surface area contributed by atoms with E-state index < -0.39 is 0 Å². The number of nitrogens with one attached hydrogen (secondary N) is 1. The maximum absolute atomic E-state index is 4.40. The van der Waals surface area contributed by atoms with Gasteiger partial charge in [0.05, 0.1) is 0 Å². The summed E-state index contributed by atoms with van der Waals surface area (Å²) in [5, 5.41) is 3.48. The van der Waals surface area contributed by atoms with Crippen LogP contribution in [0.15, 0.2) is 4.99 Å². The molecule has 0 aromatic carbocycles. The van der Waals surface area contributed by atoms with Crippen LogP contribution in [-0.2, 0) is 0 Å². The fraction of sp³-hybridized carbons (Fsp3) is 0.929. The first-order chi connectivity index (χ1) is 8.52. The van der Waals surface area contributed by atoms with Crippen molar-refractivity contribution in [2.45, 2.75) is 34.1 Å². The van der Waals surface area contributed by atoms with Gasteiger partial charge in [0, 0.05) is 33.2 Å². The van der Waals surface area contributed by atoms with E-state index in [0.29, 0.717) is 5.41 Å². The van der Waals surface area contributed by atoms with Gasteiger partial charge in [-0.15, -0.1) is 24.0 Å². The van der Waals surface area contributed by atoms with Gasteiger partial charge in [0.2, 0.25) is 0 Å². The largest absolute Gasteiger partial charge is 0.355 e. The van der Waals surface area contributed by atoms with Crippen molar-refractivity contribution in [2.75, 3.05) is 46.3 Å². The van der Waals surface area contributed by atoms with Crippen LogP contribution in [0.25, 0.3) is 0 Å². The third kappa shape index (κ3) is 6.29. The van der Waals surface area contributed by atoms with Gasteiger partial charge in [0.25, 0.3) is 0 Å². The zero-order valence-electron chi connectivity index (χ0n) is 13.2. The Morgan fingerprint density at radius 3 is 2.37 bits per heavy atom. The number of likely N-dealkylation sites (tertiary alicyclic amines) is 1. The highest BCUT2D eigenvalue weighted by Crippen LogP contribution is 2.28. The number of hydrogen-bond donors (Lipinski definition) is 1. The summed E-state index contributed by atoms with van der Waals surface area (Å²) in [4.78, 5) is 9.20. The molecule has 0 bridgehead atoms. The van der Waals surface area contributed by atoms with Crippen LogP contribution in [-0.4, -0.2) is 62.1 Å². The van der Waals surface area contributed by atoms with Gasteiger partial charge in [0.15, 0.2) is 5.96 Å². The van der Waals surface area contributed by atoms with Gasteiger partial charge in [-0.1, -0.05) is 27.7 Å². The summed E-state index contributed by atoms with van der Waals surface area (Å²) < 4.78 is 0.